The molecule has 0 N–H and O–H groups in total. The molecule has 0 aromatic rings. The summed E-state index contributed by atoms with van der Waals surface area (Å²) in [5.41, 5.74) is 3.61. The molecule has 39 heavy (non-hydrogen) atoms. The van der Waals surface area contributed by atoms with Crippen LogP contribution in [0.4, 0.5) is 0 Å². The maximum absolute atomic E-state index is 13.9. The van der Waals surface area contributed by atoms with Gasteiger partial charge in [-0.15, -0.1) is 0 Å². The van der Waals surface area contributed by atoms with E-state index in [4.69, 9.17) is 9.96 Å². The van der Waals surface area contributed by atoms with Crippen molar-refractivity contribution >= 4 is 17.9 Å². The Balaban J connectivity index is 1.56. The molecule has 1 unspecified atom stereocenters. The van der Waals surface area contributed by atoms with Gasteiger partial charge >= 0.3 is 240 Å². The fourth-order valence-corrected chi connectivity index (χ4v) is 12.7. The van der Waals surface area contributed by atoms with E-state index in [1.807, 2.05) is 6.92 Å². The van der Waals surface area contributed by atoms with Crippen molar-refractivity contribution in [2.24, 2.45) is 17.8 Å². The second kappa shape index (κ2) is 12.6. The summed E-state index contributed by atoms with van der Waals surface area (Å²) >= 11 is -5.01. The molecule has 3 saturated carbocycles. The van der Waals surface area contributed by atoms with E-state index in [-0.39, 0.29) is 35.7 Å². The summed E-state index contributed by atoms with van der Waals surface area (Å²) in [6, 6.07) is 0. The summed E-state index contributed by atoms with van der Waals surface area (Å²) in [7, 11) is 0. The van der Waals surface area contributed by atoms with Crippen LogP contribution in [-0.4, -0.2) is 17.9 Å². The van der Waals surface area contributed by atoms with Gasteiger partial charge in [0.05, 0.1) is 0 Å². The first-order chi connectivity index (χ1) is 18.8. The fraction of sp³-hybridized carbons (Fsp3) is 0.781. The number of hydrogen-bond acceptors (Lipinski definition) is 6. The van der Waals surface area contributed by atoms with E-state index in [0.717, 1.165) is 128 Å². The number of carbonyl (C=O) groups excluding carboxylic acids is 3. The van der Waals surface area contributed by atoms with Crippen LogP contribution in [-0.2, 0) is 42.1 Å². The number of allylic oxidation sites excluding steroid dienone is 4. The van der Waals surface area contributed by atoms with Gasteiger partial charge in [0.2, 0.25) is 0 Å². The Morgan fingerprint density at radius 1 is 0.641 bits per heavy atom. The molecule has 6 nitrogen and oxygen atoms in total. The van der Waals surface area contributed by atoms with Crippen LogP contribution in [0.25, 0.3) is 0 Å². The predicted octanol–water partition coefficient (Wildman–Crippen LogP) is 8.26. The Bertz CT molecular complexity index is 917. The van der Waals surface area contributed by atoms with E-state index < -0.39 is 21.5 Å². The van der Waals surface area contributed by atoms with Crippen LogP contribution in [0, 0.1) is 17.8 Å². The summed E-state index contributed by atoms with van der Waals surface area (Å²) in [5.74, 6) is -1.62. The summed E-state index contributed by atoms with van der Waals surface area (Å²) in [5, 5.41) is 0. The first kappa shape index (κ1) is 29.1. The van der Waals surface area contributed by atoms with Gasteiger partial charge in [-0.1, -0.05) is 0 Å². The van der Waals surface area contributed by atoms with Crippen molar-refractivity contribution in [3.05, 3.63) is 22.8 Å². The van der Waals surface area contributed by atoms with Gasteiger partial charge in [-0.05, 0) is 0 Å². The predicted molar refractivity (Wildman–Crippen MR) is 146 cm³/mol. The minimum atomic E-state index is -5.01. The van der Waals surface area contributed by atoms with Crippen molar-refractivity contribution in [1.82, 2.24) is 0 Å². The average molecular weight is 577 g/mol. The van der Waals surface area contributed by atoms with Crippen molar-refractivity contribution in [3.63, 3.8) is 0 Å². The summed E-state index contributed by atoms with van der Waals surface area (Å²) < 4.78 is 18.8. The van der Waals surface area contributed by atoms with E-state index in [1.54, 1.807) is 0 Å². The van der Waals surface area contributed by atoms with Crippen LogP contribution in [0.1, 0.15) is 136 Å². The van der Waals surface area contributed by atoms with Crippen molar-refractivity contribution in [1.29, 1.82) is 0 Å². The van der Waals surface area contributed by atoms with Crippen molar-refractivity contribution < 1.29 is 42.1 Å². The molecule has 1 atom stereocenters. The number of hydrogen-bond donors (Lipinski definition) is 0. The van der Waals surface area contributed by atoms with Gasteiger partial charge in [0.25, 0.3) is 0 Å². The molecule has 0 radical (unpaired) electrons. The topological polar surface area (TPSA) is 78.9 Å². The molecule has 0 aliphatic heterocycles. The third kappa shape index (κ3) is 6.12. The molecule has 0 saturated heterocycles. The van der Waals surface area contributed by atoms with Gasteiger partial charge < -0.3 is 0 Å². The standard InChI is InChI=1S/C11H15.3C7H12O2.Ti/c1-8-7-9(2)11-6-4-3-5-10(8)11;3*8-7(9)6-4-2-1-3-5-6;/h7H,3-6H2,1-2H3;3*6H,1-5H2,(H,8,9);/q;;;;+3/p-3. The van der Waals surface area contributed by atoms with Crippen LogP contribution in [0.3, 0.4) is 0 Å². The van der Waals surface area contributed by atoms with E-state index in [1.165, 1.54) is 11.1 Å². The van der Waals surface area contributed by atoms with Crippen LogP contribution in [0.2, 0.25) is 3.72 Å². The molecule has 3 fully saturated rings. The minimum absolute atomic E-state index is 0.222. The van der Waals surface area contributed by atoms with E-state index >= 15 is 0 Å². The Kier molecular flexibility index (Phi) is 9.43. The van der Waals surface area contributed by atoms with Crippen molar-refractivity contribution in [2.75, 3.05) is 0 Å². The van der Waals surface area contributed by atoms with E-state index in [0.29, 0.717) is 0 Å². The molecule has 0 spiro atoms. The molecule has 5 rings (SSSR count). The molecule has 5 aliphatic rings. The Morgan fingerprint density at radius 2 is 1.03 bits per heavy atom. The van der Waals surface area contributed by atoms with Crippen LogP contribution < -0.4 is 0 Å². The fourth-order valence-electron chi connectivity index (χ4n) is 7.84. The third-order valence-corrected chi connectivity index (χ3v) is 15.1. The summed E-state index contributed by atoms with van der Waals surface area (Å²) in [4.78, 5) is 41.6. The molecule has 216 valence electrons. The molecule has 0 aromatic heterocycles. The number of carbonyl (C=O) groups is 3. The van der Waals surface area contributed by atoms with Gasteiger partial charge in [0.1, 0.15) is 0 Å². The molecule has 0 bridgehead atoms. The van der Waals surface area contributed by atoms with E-state index in [2.05, 4.69) is 13.0 Å². The quantitative estimate of drug-likeness (QED) is 0.284. The first-order valence-corrected chi connectivity index (χ1v) is 18.6. The van der Waals surface area contributed by atoms with Gasteiger partial charge in [0, 0.05) is 0 Å². The molecule has 0 amide bonds. The van der Waals surface area contributed by atoms with E-state index in [9.17, 15) is 14.4 Å². The summed E-state index contributed by atoms with van der Waals surface area (Å²) in [6.07, 6.45) is 20.2. The normalized spacial score (nSPS) is 27.5. The first-order valence-electron chi connectivity index (χ1n) is 15.9. The second-order valence-corrected chi connectivity index (χ2v) is 17.3. The SMILES string of the molecule is CC1=C[C](C)([Ti]([O]C(=O)C2CCCCC2)([O]C(=O)C2CCCCC2)[O]C(=O)C2CCCCC2)C2=C1CCCC2. The van der Waals surface area contributed by atoms with Crippen molar-refractivity contribution in [3.8, 4) is 0 Å². The number of rotatable bonds is 7. The van der Waals surface area contributed by atoms with Gasteiger partial charge in [-0.2, -0.15) is 0 Å². The van der Waals surface area contributed by atoms with Crippen LogP contribution in [0.5, 0.6) is 0 Å². The molecular weight excluding hydrogens is 528 g/mol. The van der Waals surface area contributed by atoms with Gasteiger partial charge in [0.15, 0.2) is 0 Å². The van der Waals surface area contributed by atoms with Gasteiger partial charge in [-0.25, -0.2) is 0 Å². The second-order valence-electron chi connectivity index (χ2n) is 13.0. The Hall–Kier alpha value is -1.40. The van der Waals surface area contributed by atoms with Crippen LogP contribution >= 0.6 is 0 Å². The third-order valence-electron chi connectivity index (χ3n) is 10.2. The maximum atomic E-state index is 13.9. The molecule has 7 heteroatoms. The zero-order chi connectivity index (χ0) is 27.5. The summed E-state index contributed by atoms with van der Waals surface area (Å²) in [6.45, 7) is 4.15. The molecule has 0 aromatic carbocycles. The zero-order valence-electron chi connectivity index (χ0n) is 24.2. The van der Waals surface area contributed by atoms with Gasteiger partial charge in [-0.3, -0.25) is 0 Å². The van der Waals surface area contributed by atoms with Crippen LogP contribution in [0.15, 0.2) is 22.8 Å². The Labute approximate surface area is 239 Å². The molecular formula is C32H48O6Ti. The van der Waals surface area contributed by atoms with Crippen molar-refractivity contribution in [2.45, 2.75) is 140 Å². The molecule has 5 aliphatic carbocycles. The zero-order valence-corrected chi connectivity index (χ0v) is 25.8. The Morgan fingerprint density at radius 3 is 1.44 bits per heavy atom. The molecule has 0 heterocycles. The monoisotopic (exact) mass is 576 g/mol. The average Bonchev–Trinajstić information content (AvgIpc) is 3.25.